The van der Waals surface area contributed by atoms with Crippen molar-refractivity contribution < 1.29 is 9.90 Å². The molecule has 0 spiro atoms. The van der Waals surface area contributed by atoms with Crippen LogP contribution in [0.1, 0.15) is 26.2 Å². The summed E-state index contributed by atoms with van der Waals surface area (Å²) in [7, 11) is 0. The Balaban J connectivity index is 2.78. The molecule has 0 heterocycles. The summed E-state index contributed by atoms with van der Waals surface area (Å²) in [6, 6.07) is 0. The van der Waals surface area contributed by atoms with Crippen molar-refractivity contribution in [2.45, 2.75) is 30.4 Å². The van der Waals surface area contributed by atoms with Crippen molar-refractivity contribution in [3.63, 3.8) is 0 Å². The van der Waals surface area contributed by atoms with Crippen LogP contribution in [0.15, 0.2) is 11.6 Å². The zero-order valence-electron chi connectivity index (χ0n) is 6.63. The molecule has 0 radical (unpaired) electrons. The number of aliphatic carboxylic acids is 1. The van der Waals surface area contributed by atoms with Gasteiger partial charge in [0.2, 0.25) is 0 Å². The van der Waals surface area contributed by atoms with E-state index in [0.717, 1.165) is 12.8 Å². The summed E-state index contributed by atoms with van der Waals surface area (Å²) >= 11 is 1.56. The molecular weight excluding hydrogens is 203 g/mol. The predicted molar refractivity (Wildman–Crippen MR) is 46.5 cm³/mol. The fraction of sp³-hybridized carbons (Fsp3) is 0.625. The van der Waals surface area contributed by atoms with E-state index < -0.39 is 5.97 Å². The van der Waals surface area contributed by atoms with E-state index in [1.807, 2.05) is 6.92 Å². The van der Waals surface area contributed by atoms with Gasteiger partial charge in [-0.15, -0.1) is 0 Å². The molecule has 1 unspecified atom stereocenters. The number of carboxylic acids is 1. The molecule has 0 aromatic carbocycles. The van der Waals surface area contributed by atoms with Crippen molar-refractivity contribution in [1.82, 2.24) is 0 Å². The second-order valence-corrected chi connectivity index (χ2v) is 5.34. The van der Waals surface area contributed by atoms with E-state index in [9.17, 15) is 4.79 Å². The van der Waals surface area contributed by atoms with Gasteiger partial charge >= 0.3 is 74.8 Å². The van der Waals surface area contributed by atoms with Crippen LogP contribution in [0.2, 0.25) is 4.20 Å². The zero-order chi connectivity index (χ0) is 8.48. The van der Waals surface area contributed by atoms with Gasteiger partial charge in [0.1, 0.15) is 0 Å². The van der Waals surface area contributed by atoms with Gasteiger partial charge in [-0.2, -0.15) is 0 Å². The predicted octanol–water partition coefficient (Wildman–Crippen LogP) is 0.993. The van der Waals surface area contributed by atoms with E-state index in [1.165, 1.54) is 6.42 Å². The summed E-state index contributed by atoms with van der Waals surface area (Å²) in [5.74, 6) is -0.739. The quantitative estimate of drug-likeness (QED) is 0.552. The Hall–Kier alpha value is -0.232. The van der Waals surface area contributed by atoms with Gasteiger partial charge in [-0.25, -0.2) is 0 Å². The van der Waals surface area contributed by atoms with Gasteiger partial charge in [-0.3, -0.25) is 0 Å². The van der Waals surface area contributed by atoms with Gasteiger partial charge in [0.15, 0.2) is 0 Å². The van der Waals surface area contributed by atoms with E-state index in [2.05, 4.69) is 0 Å². The Kier molecular flexibility index (Phi) is 2.43. The molecule has 1 N–H and O–H groups in total. The molecular formula is C8H13AsO2. The normalized spacial score (nSPS) is 22.5. The molecule has 1 atom stereocenters. The number of hydrogen-bond acceptors (Lipinski definition) is 1. The van der Waals surface area contributed by atoms with Crippen LogP contribution in [0, 0.1) is 0 Å². The van der Waals surface area contributed by atoms with Gasteiger partial charge in [-0.05, 0) is 0 Å². The molecule has 0 amide bonds. The molecule has 2 nitrogen and oxygen atoms in total. The summed E-state index contributed by atoms with van der Waals surface area (Å²) in [5, 5.41) is 8.82. The Morgan fingerprint density at radius 2 is 2.18 bits per heavy atom. The minimum atomic E-state index is -0.739. The van der Waals surface area contributed by atoms with E-state index in [-0.39, 0.29) is 4.20 Å². The summed E-state index contributed by atoms with van der Waals surface area (Å²) in [6.07, 6.45) is 5.03. The van der Waals surface area contributed by atoms with Gasteiger partial charge in [0, 0.05) is 0 Å². The molecule has 0 saturated heterocycles. The minimum absolute atomic E-state index is 0.0353. The number of carboxylic acid groups (broad SMARTS) is 1. The van der Waals surface area contributed by atoms with Crippen LogP contribution in [-0.2, 0) is 4.79 Å². The van der Waals surface area contributed by atoms with Crippen LogP contribution in [0.3, 0.4) is 0 Å². The summed E-state index contributed by atoms with van der Waals surface area (Å²) in [6.45, 7) is 1.81. The first kappa shape index (κ1) is 8.86. The molecule has 0 aromatic heterocycles. The van der Waals surface area contributed by atoms with Gasteiger partial charge in [0.25, 0.3) is 0 Å². The fourth-order valence-corrected chi connectivity index (χ4v) is 2.92. The standard InChI is InChI=1S/C8H13AsO2/c1-2-6(7(10)11)8(9)4-3-5-8/h2H,3-5,9H2,1H3,(H,10,11). The first-order valence-corrected chi connectivity index (χ1v) is 5.00. The third-order valence-corrected chi connectivity index (χ3v) is 4.17. The zero-order valence-corrected chi connectivity index (χ0v) is 9.05. The first-order valence-electron chi connectivity index (χ1n) is 3.79. The number of hydrogen-bond donors (Lipinski definition) is 1. The van der Waals surface area contributed by atoms with E-state index in [1.54, 1.807) is 22.9 Å². The van der Waals surface area contributed by atoms with Crippen molar-refractivity contribution in [3.8, 4) is 0 Å². The number of allylic oxidation sites excluding steroid dienone is 1. The third kappa shape index (κ3) is 1.51. The molecule has 11 heavy (non-hydrogen) atoms. The van der Waals surface area contributed by atoms with Gasteiger partial charge in [0.05, 0.1) is 0 Å². The van der Waals surface area contributed by atoms with Crippen molar-refractivity contribution in [2.24, 2.45) is 0 Å². The molecule has 1 aliphatic rings. The molecule has 1 aliphatic carbocycles. The second-order valence-electron chi connectivity index (χ2n) is 3.02. The third-order valence-electron chi connectivity index (χ3n) is 2.30. The molecule has 3 heteroatoms. The molecule has 0 aromatic rings. The molecule has 62 valence electrons. The van der Waals surface area contributed by atoms with E-state index in [4.69, 9.17) is 5.11 Å². The Morgan fingerprint density at radius 3 is 2.27 bits per heavy atom. The van der Waals surface area contributed by atoms with Gasteiger partial charge in [-0.1, -0.05) is 0 Å². The van der Waals surface area contributed by atoms with Crippen molar-refractivity contribution in [1.29, 1.82) is 0 Å². The molecule has 1 saturated carbocycles. The average Bonchev–Trinajstić information content (AvgIpc) is 1.85. The van der Waals surface area contributed by atoms with Crippen LogP contribution in [0.4, 0.5) is 0 Å². The summed E-state index contributed by atoms with van der Waals surface area (Å²) in [4.78, 5) is 10.7. The summed E-state index contributed by atoms with van der Waals surface area (Å²) < 4.78 is 0.0353. The van der Waals surface area contributed by atoms with E-state index >= 15 is 0 Å². The van der Waals surface area contributed by atoms with Crippen LogP contribution >= 0.6 is 0 Å². The summed E-state index contributed by atoms with van der Waals surface area (Å²) in [5.41, 5.74) is 0.615. The average molecular weight is 216 g/mol. The van der Waals surface area contributed by atoms with Crippen LogP contribution in [-0.4, -0.2) is 27.9 Å². The number of carbonyl (C=O) groups is 1. The molecule has 0 bridgehead atoms. The van der Waals surface area contributed by atoms with E-state index in [0.29, 0.717) is 5.57 Å². The van der Waals surface area contributed by atoms with Crippen LogP contribution < -0.4 is 0 Å². The molecule has 1 fully saturated rings. The maximum absolute atomic E-state index is 10.7. The van der Waals surface area contributed by atoms with Crippen LogP contribution in [0.5, 0.6) is 0 Å². The molecule has 0 aliphatic heterocycles. The SMILES string of the molecule is CC=C(C(=O)O)C1([AsH2])CCC1. The van der Waals surface area contributed by atoms with Crippen molar-refractivity contribution in [3.05, 3.63) is 11.6 Å². The Morgan fingerprint density at radius 1 is 1.64 bits per heavy atom. The van der Waals surface area contributed by atoms with Crippen molar-refractivity contribution >= 4 is 22.8 Å². The Bertz CT molecular complexity index is 204. The monoisotopic (exact) mass is 216 g/mol. The second kappa shape index (κ2) is 3.02. The van der Waals surface area contributed by atoms with Crippen molar-refractivity contribution in [2.75, 3.05) is 0 Å². The van der Waals surface area contributed by atoms with Crippen LogP contribution in [0.25, 0.3) is 0 Å². The molecule has 1 rings (SSSR count). The fourth-order valence-electron chi connectivity index (χ4n) is 1.45. The van der Waals surface area contributed by atoms with Gasteiger partial charge < -0.3 is 0 Å². The maximum atomic E-state index is 10.7. The first-order chi connectivity index (χ1) is 5.10. The number of rotatable bonds is 2. The Labute approximate surface area is 75.2 Å². The topological polar surface area (TPSA) is 37.3 Å².